The summed E-state index contributed by atoms with van der Waals surface area (Å²) in [6, 6.07) is 0.877. The maximum Gasteiger partial charge on any atom is 0.262 e. The fourth-order valence-corrected chi connectivity index (χ4v) is 2.96. The number of rotatable bonds is 3. The summed E-state index contributed by atoms with van der Waals surface area (Å²) < 4.78 is 1.93. The zero-order chi connectivity index (χ0) is 14.6. The minimum Gasteiger partial charge on any atom is -0.315 e. The Morgan fingerprint density at radius 2 is 2.10 bits per heavy atom. The fourth-order valence-electron chi connectivity index (χ4n) is 2.96. The Bertz CT molecular complexity index is 723. The molecule has 0 aromatic carbocycles. The maximum atomic E-state index is 12.2. The second-order valence-corrected chi connectivity index (χ2v) is 6.33. The summed E-state index contributed by atoms with van der Waals surface area (Å²) >= 11 is 0. The third-order valence-corrected chi connectivity index (χ3v) is 4.62. The van der Waals surface area contributed by atoms with E-state index in [1.54, 1.807) is 6.20 Å². The van der Waals surface area contributed by atoms with Crippen molar-refractivity contribution in [2.24, 2.45) is 0 Å². The predicted molar refractivity (Wildman–Crippen MR) is 79.5 cm³/mol. The fraction of sp³-hybridized carbons (Fsp3) is 0.643. The molecule has 21 heavy (non-hydrogen) atoms. The number of hydrogen-bond acceptors (Lipinski definition) is 5. The Hall–Kier alpha value is -1.73. The van der Waals surface area contributed by atoms with Gasteiger partial charge in [-0.05, 0) is 13.8 Å². The molecule has 0 amide bonds. The van der Waals surface area contributed by atoms with Crippen LogP contribution in [0.25, 0.3) is 11.0 Å². The van der Waals surface area contributed by atoms with Crippen LogP contribution in [0.4, 0.5) is 0 Å². The second-order valence-electron chi connectivity index (χ2n) is 6.33. The van der Waals surface area contributed by atoms with Crippen molar-refractivity contribution in [2.75, 3.05) is 26.2 Å². The lowest BCUT2D eigenvalue weighted by atomic mass is 10.0. The highest BCUT2D eigenvalue weighted by Gasteiger charge is 2.32. The number of aromatic amines is 1. The number of nitrogens with one attached hydrogen (secondary N) is 2. The highest BCUT2D eigenvalue weighted by Crippen LogP contribution is 2.25. The predicted octanol–water partition coefficient (Wildman–Crippen LogP) is 0.0715. The molecule has 0 bridgehead atoms. The molecule has 7 heteroatoms. The minimum absolute atomic E-state index is 0.0758. The van der Waals surface area contributed by atoms with Crippen molar-refractivity contribution >= 4 is 11.0 Å². The van der Waals surface area contributed by atoms with Gasteiger partial charge in [0.1, 0.15) is 11.2 Å². The van der Waals surface area contributed by atoms with Gasteiger partial charge in [-0.25, -0.2) is 9.67 Å². The van der Waals surface area contributed by atoms with Crippen LogP contribution in [-0.4, -0.2) is 56.9 Å². The normalized spacial score (nSPS) is 20.9. The zero-order valence-electron chi connectivity index (χ0n) is 12.3. The Labute approximate surface area is 122 Å². The highest BCUT2D eigenvalue weighted by atomic mass is 16.1. The van der Waals surface area contributed by atoms with Gasteiger partial charge in [0.2, 0.25) is 0 Å². The quantitative estimate of drug-likeness (QED) is 0.836. The van der Waals surface area contributed by atoms with Gasteiger partial charge in [-0.3, -0.25) is 9.69 Å². The third-order valence-electron chi connectivity index (χ3n) is 4.62. The van der Waals surface area contributed by atoms with E-state index in [4.69, 9.17) is 0 Å². The van der Waals surface area contributed by atoms with Crippen molar-refractivity contribution in [2.45, 2.75) is 31.8 Å². The van der Waals surface area contributed by atoms with Crippen molar-refractivity contribution in [3.05, 3.63) is 22.4 Å². The lowest BCUT2D eigenvalue weighted by Gasteiger charge is -2.42. The van der Waals surface area contributed by atoms with Crippen molar-refractivity contribution in [3.8, 4) is 0 Å². The molecule has 0 aliphatic carbocycles. The molecule has 4 heterocycles. The van der Waals surface area contributed by atoms with E-state index in [1.165, 1.54) is 0 Å². The first-order valence-electron chi connectivity index (χ1n) is 7.55. The molecule has 0 saturated carbocycles. The van der Waals surface area contributed by atoms with Gasteiger partial charge in [0.25, 0.3) is 5.56 Å². The average molecular weight is 288 g/mol. The molecule has 0 radical (unpaired) electrons. The summed E-state index contributed by atoms with van der Waals surface area (Å²) in [5.41, 5.74) is 0.655. The lowest BCUT2D eigenvalue weighted by molar-refractivity contribution is 0.0696. The Morgan fingerprint density at radius 3 is 2.71 bits per heavy atom. The molecular weight excluding hydrogens is 268 g/mol. The van der Waals surface area contributed by atoms with E-state index in [0.717, 1.165) is 37.7 Å². The first-order chi connectivity index (χ1) is 10.1. The van der Waals surface area contributed by atoms with Gasteiger partial charge in [-0.15, -0.1) is 0 Å². The Morgan fingerprint density at radius 1 is 1.33 bits per heavy atom. The van der Waals surface area contributed by atoms with Gasteiger partial charge >= 0.3 is 0 Å². The summed E-state index contributed by atoms with van der Waals surface area (Å²) in [5.74, 6) is 1.10. The summed E-state index contributed by atoms with van der Waals surface area (Å²) in [6.45, 7) is 8.11. The largest absolute Gasteiger partial charge is 0.315 e. The van der Waals surface area contributed by atoms with E-state index in [-0.39, 0.29) is 5.56 Å². The van der Waals surface area contributed by atoms with Crippen LogP contribution in [0.15, 0.2) is 11.0 Å². The number of aromatic nitrogens is 4. The van der Waals surface area contributed by atoms with E-state index in [9.17, 15) is 4.79 Å². The molecular formula is C14H20N6O. The molecule has 2 fully saturated rings. The maximum absolute atomic E-state index is 12.2. The first-order valence-corrected chi connectivity index (χ1v) is 7.55. The lowest BCUT2D eigenvalue weighted by Crippen LogP contribution is -2.51. The van der Waals surface area contributed by atoms with Crippen molar-refractivity contribution in [1.82, 2.24) is 30.0 Å². The highest BCUT2D eigenvalue weighted by molar-refractivity contribution is 5.73. The van der Waals surface area contributed by atoms with E-state index in [0.29, 0.717) is 23.4 Å². The van der Waals surface area contributed by atoms with Crippen LogP contribution < -0.4 is 10.9 Å². The smallest absolute Gasteiger partial charge is 0.262 e. The molecule has 112 valence electrons. The van der Waals surface area contributed by atoms with Gasteiger partial charge in [0, 0.05) is 38.1 Å². The third kappa shape index (κ3) is 1.99. The van der Waals surface area contributed by atoms with Crippen molar-refractivity contribution < 1.29 is 0 Å². The molecule has 0 spiro atoms. The molecule has 2 aliphatic heterocycles. The SMILES string of the molecule is CC(C)N1CC(n2ncc3c(=O)[nH]c(C4CNC4)nc32)C1. The molecule has 0 atom stereocenters. The molecule has 2 aromatic heterocycles. The zero-order valence-corrected chi connectivity index (χ0v) is 12.3. The van der Waals surface area contributed by atoms with Crippen LogP contribution in [0.5, 0.6) is 0 Å². The Balaban J connectivity index is 1.70. The van der Waals surface area contributed by atoms with E-state index in [2.05, 4.69) is 39.1 Å². The van der Waals surface area contributed by atoms with Gasteiger partial charge in [0.05, 0.1) is 12.2 Å². The summed E-state index contributed by atoms with van der Waals surface area (Å²) in [6.07, 6.45) is 1.64. The first kappa shape index (κ1) is 13.0. The number of H-pyrrole nitrogens is 1. The van der Waals surface area contributed by atoms with Crippen molar-refractivity contribution in [3.63, 3.8) is 0 Å². The van der Waals surface area contributed by atoms with Crippen LogP contribution in [0.1, 0.15) is 31.6 Å². The number of hydrogen-bond donors (Lipinski definition) is 2. The molecule has 2 saturated heterocycles. The summed E-state index contributed by atoms with van der Waals surface area (Å²) in [7, 11) is 0. The van der Waals surface area contributed by atoms with Crippen molar-refractivity contribution in [1.29, 1.82) is 0 Å². The van der Waals surface area contributed by atoms with Gasteiger partial charge < -0.3 is 10.3 Å². The van der Waals surface area contributed by atoms with E-state index in [1.807, 2.05) is 4.68 Å². The standard InChI is InChI=1S/C14H20N6O/c1-8(2)19-6-10(7-19)20-13-11(5-16-20)14(21)18-12(17-13)9-3-15-4-9/h5,8-10,15H,3-4,6-7H2,1-2H3,(H,17,18,21). The van der Waals surface area contributed by atoms with E-state index < -0.39 is 0 Å². The topological polar surface area (TPSA) is 78.8 Å². The second kappa shape index (κ2) is 4.64. The molecule has 2 aliphatic rings. The van der Waals surface area contributed by atoms with Crippen LogP contribution in [0, 0.1) is 0 Å². The van der Waals surface area contributed by atoms with Crippen LogP contribution in [0.3, 0.4) is 0 Å². The van der Waals surface area contributed by atoms with Crippen LogP contribution in [-0.2, 0) is 0 Å². The van der Waals surface area contributed by atoms with Gasteiger partial charge in [-0.1, -0.05) is 0 Å². The number of nitrogens with zero attached hydrogens (tertiary/aromatic N) is 4. The molecule has 2 N–H and O–H groups in total. The molecule has 4 rings (SSSR count). The van der Waals surface area contributed by atoms with E-state index >= 15 is 0 Å². The van der Waals surface area contributed by atoms with Gasteiger partial charge in [-0.2, -0.15) is 5.10 Å². The molecule has 0 unspecified atom stereocenters. The molecule has 7 nitrogen and oxygen atoms in total. The Kier molecular flexibility index (Phi) is 2.87. The minimum atomic E-state index is -0.0758. The summed E-state index contributed by atoms with van der Waals surface area (Å²) in [4.78, 5) is 22.1. The van der Waals surface area contributed by atoms with Crippen LogP contribution in [0.2, 0.25) is 0 Å². The van der Waals surface area contributed by atoms with Crippen LogP contribution >= 0.6 is 0 Å². The average Bonchev–Trinajstić information content (AvgIpc) is 2.69. The monoisotopic (exact) mass is 288 g/mol. The number of likely N-dealkylation sites (tertiary alicyclic amines) is 1. The van der Waals surface area contributed by atoms with Gasteiger partial charge in [0.15, 0.2) is 5.65 Å². The number of fused-ring (bicyclic) bond motifs is 1. The molecule has 2 aromatic rings. The summed E-state index contributed by atoms with van der Waals surface area (Å²) in [5, 5.41) is 8.21.